The van der Waals surface area contributed by atoms with Crippen molar-refractivity contribution >= 4 is 12.0 Å². The number of aromatic carboxylic acids is 1. The van der Waals surface area contributed by atoms with Crippen molar-refractivity contribution in [3.8, 4) is 0 Å². The number of hydrogen-bond acceptors (Lipinski definition) is 1. The number of carbonyl (C=O) groups is 1. The maximum absolute atomic E-state index is 10.8. The summed E-state index contributed by atoms with van der Waals surface area (Å²) >= 11 is 0. The van der Waals surface area contributed by atoms with Crippen molar-refractivity contribution in [1.29, 1.82) is 0 Å². The Morgan fingerprint density at radius 3 is 2.63 bits per heavy atom. The van der Waals surface area contributed by atoms with E-state index in [0.29, 0.717) is 5.56 Å². The van der Waals surface area contributed by atoms with Gasteiger partial charge in [-0.15, -0.1) is 0 Å². The largest absolute Gasteiger partial charge is 0.478 e. The van der Waals surface area contributed by atoms with Gasteiger partial charge in [0.2, 0.25) is 0 Å². The predicted octanol–water partition coefficient (Wildman–Crippen LogP) is 5.15. The van der Waals surface area contributed by atoms with Crippen LogP contribution in [-0.4, -0.2) is 11.1 Å². The van der Waals surface area contributed by atoms with Crippen molar-refractivity contribution in [2.24, 2.45) is 0 Å². The molecule has 1 aromatic carbocycles. The molecule has 0 fully saturated rings. The lowest BCUT2D eigenvalue weighted by atomic mass is 10.1. The van der Waals surface area contributed by atoms with Crippen LogP contribution in [0.4, 0.5) is 0 Å². The summed E-state index contributed by atoms with van der Waals surface area (Å²) in [6.07, 6.45) is 13.1. The molecule has 0 amide bonds. The molecule has 0 atom stereocenters. The molecule has 0 saturated heterocycles. The Balaban J connectivity index is 2.25. The van der Waals surface area contributed by atoms with Crippen LogP contribution in [0.15, 0.2) is 30.3 Å². The molecule has 0 aliphatic rings. The maximum Gasteiger partial charge on any atom is 0.335 e. The average molecular weight is 260 g/mol. The Labute approximate surface area is 116 Å². The lowest BCUT2D eigenvalue weighted by Crippen LogP contribution is -1.95. The van der Waals surface area contributed by atoms with E-state index in [0.717, 1.165) is 12.0 Å². The standard InChI is InChI=1S/C17H24O2/c1-2-3-4-5-6-7-8-9-11-15-12-10-13-16(14-15)17(18)19/h9-14H,2-8H2,1H3,(H,18,19)/b11-9+. The molecule has 0 aromatic heterocycles. The number of unbranched alkanes of at least 4 members (excludes halogenated alkanes) is 6. The molecule has 0 saturated carbocycles. The normalized spacial score (nSPS) is 11.0. The molecular formula is C17H24O2. The molecule has 2 nitrogen and oxygen atoms in total. The van der Waals surface area contributed by atoms with Gasteiger partial charge >= 0.3 is 5.97 Å². The number of benzene rings is 1. The van der Waals surface area contributed by atoms with Crippen LogP contribution in [-0.2, 0) is 0 Å². The van der Waals surface area contributed by atoms with Gasteiger partial charge in [-0.25, -0.2) is 4.79 Å². The molecule has 0 spiro atoms. The summed E-state index contributed by atoms with van der Waals surface area (Å²) in [5.41, 5.74) is 1.31. The van der Waals surface area contributed by atoms with Crippen LogP contribution in [0.25, 0.3) is 6.08 Å². The first-order valence-corrected chi connectivity index (χ1v) is 7.24. The second kappa shape index (κ2) is 9.37. The highest BCUT2D eigenvalue weighted by Gasteiger charge is 2.00. The first-order valence-electron chi connectivity index (χ1n) is 7.24. The smallest absolute Gasteiger partial charge is 0.335 e. The number of allylic oxidation sites excluding steroid dienone is 1. The minimum Gasteiger partial charge on any atom is -0.478 e. The molecule has 2 heteroatoms. The molecule has 19 heavy (non-hydrogen) atoms. The monoisotopic (exact) mass is 260 g/mol. The Hall–Kier alpha value is -1.57. The fourth-order valence-electron chi connectivity index (χ4n) is 2.04. The molecule has 104 valence electrons. The van der Waals surface area contributed by atoms with Crippen LogP contribution in [0, 0.1) is 0 Å². The minimum absolute atomic E-state index is 0.349. The molecular weight excluding hydrogens is 236 g/mol. The lowest BCUT2D eigenvalue weighted by molar-refractivity contribution is 0.0697. The van der Waals surface area contributed by atoms with Crippen LogP contribution in [0.3, 0.4) is 0 Å². The highest BCUT2D eigenvalue weighted by atomic mass is 16.4. The Morgan fingerprint density at radius 1 is 1.16 bits per heavy atom. The van der Waals surface area contributed by atoms with Crippen molar-refractivity contribution in [3.05, 3.63) is 41.5 Å². The van der Waals surface area contributed by atoms with E-state index in [9.17, 15) is 4.79 Å². The van der Waals surface area contributed by atoms with Crippen LogP contribution >= 0.6 is 0 Å². The van der Waals surface area contributed by atoms with Crippen molar-refractivity contribution in [3.63, 3.8) is 0 Å². The molecule has 0 heterocycles. The fraction of sp³-hybridized carbons (Fsp3) is 0.471. The molecule has 1 aromatic rings. The highest BCUT2D eigenvalue weighted by molar-refractivity contribution is 5.88. The van der Waals surface area contributed by atoms with E-state index in [2.05, 4.69) is 13.0 Å². The quantitative estimate of drug-likeness (QED) is 0.623. The van der Waals surface area contributed by atoms with E-state index in [1.165, 1.54) is 38.5 Å². The summed E-state index contributed by atoms with van der Waals surface area (Å²) in [4.78, 5) is 10.8. The maximum atomic E-state index is 10.8. The van der Waals surface area contributed by atoms with Gasteiger partial charge in [-0.1, -0.05) is 63.3 Å². The average Bonchev–Trinajstić information content (AvgIpc) is 2.42. The second-order valence-corrected chi connectivity index (χ2v) is 4.89. The van der Waals surface area contributed by atoms with E-state index < -0.39 is 5.97 Å². The summed E-state index contributed by atoms with van der Waals surface area (Å²) in [6, 6.07) is 7.05. The van der Waals surface area contributed by atoms with Gasteiger partial charge in [0.1, 0.15) is 0 Å². The Bertz CT molecular complexity index is 407. The van der Waals surface area contributed by atoms with E-state index in [-0.39, 0.29) is 0 Å². The van der Waals surface area contributed by atoms with E-state index in [1.54, 1.807) is 18.2 Å². The predicted molar refractivity (Wildman–Crippen MR) is 80.4 cm³/mol. The third-order valence-electron chi connectivity index (χ3n) is 3.17. The summed E-state index contributed by atoms with van der Waals surface area (Å²) in [6.45, 7) is 2.23. The Kier molecular flexibility index (Phi) is 7.64. The van der Waals surface area contributed by atoms with Crippen LogP contribution < -0.4 is 0 Å². The van der Waals surface area contributed by atoms with Gasteiger partial charge in [0.15, 0.2) is 0 Å². The lowest BCUT2D eigenvalue weighted by Gasteiger charge is -1.98. The number of rotatable bonds is 9. The van der Waals surface area contributed by atoms with E-state index in [4.69, 9.17) is 5.11 Å². The minimum atomic E-state index is -0.869. The van der Waals surface area contributed by atoms with E-state index >= 15 is 0 Å². The topological polar surface area (TPSA) is 37.3 Å². The fourth-order valence-corrected chi connectivity index (χ4v) is 2.04. The summed E-state index contributed by atoms with van der Waals surface area (Å²) in [5, 5.41) is 8.90. The number of hydrogen-bond donors (Lipinski definition) is 1. The highest BCUT2D eigenvalue weighted by Crippen LogP contribution is 2.10. The van der Waals surface area contributed by atoms with Gasteiger partial charge in [-0.2, -0.15) is 0 Å². The third kappa shape index (κ3) is 6.80. The summed E-state index contributed by atoms with van der Waals surface area (Å²) in [5.74, 6) is -0.869. The zero-order chi connectivity index (χ0) is 13.9. The van der Waals surface area contributed by atoms with Crippen LogP contribution in [0.2, 0.25) is 0 Å². The second-order valence-electron chi connectivity index (χ2n) is 4.89. The van der Waals surface area contributed by atoms with E-state index in [1.807, 2.05) is 12.1 Å². The molecule has 1 N–H and O–H groups in total. The zero-order valence-electron chi connectivity index (χ0n) is 11.8. The molecule has 0 aliphatic carbocycles. The van der Waals surface area contributed by atoms with Crippen molar-refractivity contribution in [1.82, 2.24) is 0 Å². The third-order valence-corrected chi connectivity index (χ3v) is 3.17. The summed E-state index contributed by atoms with van der Waals surface area (Å²) in [7, 11) is 0. The first-order chi connectivity index (χ1) is 9.24. The van der Waals surface area contributed by atoms with Crippen molar-refractivity contribution < 1.29 is 9.90 Å². The van der Waals surface area contributed by atoms with Crippen LogP contribution in [0.5, 0.6) is 0 Å². The SMILES string of the molecule is CCCCCCCC/C=C/c1cccc(C(=O)O)c1. The number of carboxylic acid groups (broad SMARTS) is 1. The number of carboxylic acids is 1. The van der Waals surface area contributed by atoms with Gasteiger partial charge in [0.25, 0.3) is 0 Å². The Morgan fingerprint density at radius 2 is 1.89 bits per heavy atom. The van der Waals surface area contributed by atoms with Crippen molar-refractivity contribution in [2.45, 2.75) is 51.9 Å². The van der Waals surface area contributed by atoms with Gasteiger partial charge in [-0.3, -0.25) is 0 Å². The molecule has 0 bridgehead atoms. The first kappa shape index (κ1) is 15.5. The van der Waals surface area contributed by atoms with Gasteiger partial charge in [0.05, 0.1) is 5.56 Å². The molecule has 0 unspecified atom stereocenters. The molecule has 0 aliphatic heterocycles. The molecule has 0 radical (unpaired) electrons. The van der Waals surface area contributed by atoms with Gasteiger partial charge < -0.3 is 5.11 Å². The van der Waals surface area contributed by atoms with Crippen LogP contribution in [0.1, 0.15) is 67.8 Å². The zero-order valence-corrected chi connectivity index (χ0v) is 11.8. The van der Waals surface area contributed by atoms with Gasteiger partial charge in [-0.05, 0) is 30.5 Å². The summed E-state index contributed by atoms with van der Waals surface area (Å²) < 4.78 is 0. The van der Waals surface area contributed by atoms with Crippen molar-refractivity contribution in [2.75, 3.05) is 0 Å². The molecule has 1 rings (SSSR count). The van der Waals surface area contributed by atoms with Gasteiger partial charge in [0, 0.05) is 0 Å².